The summed E-state index contributed by atoms with van der Waals surface area (Å²) in [5, 5.41) is 0. The normalized spacial score (nSPS) is 14.2. The molecule has 6 heteroatoms. The van der Waals surface area contributed by atoms with Gasteiger partial charge in [0.25, 0.3) is 6.43 Å². The van der Waals surface area contributed by atoms with Crippen LogP contribution in [0.25, 0.3) is 11.1 Å². The van der Waals surface area contributed by atoms with E-state index in [1.54, 1.807) is 6.07 Å². The van der Waals surface area contributed by atoms with Crippen molar-refractivity contribution in [1.82, 2.24) is 9.97 Å². The number of methoxy groups -OCH3 is 1. The molecule has 0 saturated heterocycles. The van der Waals surface area contributed by atoms with Crippen LogP contribution in [0.4, 0.5) is 14.5 Å². The average molecular weight is 333 g/mol. The number of halogens is 2. The number of anilines is 1. The molecule has 0 saturated carbocycles. The zero-order valence-electron chi connectivity index (χ0n) is 14.1. The molecule has 2 aromatic rings. The molecule has 128 valence electrons. The summed E-state index contributed by atoms with van der Waals surface area (Å²) < 4.78 is 32.3. The quantitative estimate of drug-likeness (QED) is 0.838. The second-order valence-corrected chi connectivity index (χ2v) is 6.22. The Morgan fingerprint density at radius 3 is 2.46 bits per heavy atom. The van der Waals surface area contributed by atoms with E-state index >= 15 is 0 Å². The minimum absolute atomic E-state index is 0.0232. The molecule has 0 spiro atoms. The van der Waals surface area contributed by atoms with E-state index < -0.39 is 6.43 Å². The zero-order valence-corrected chi connectivity index (χ0v) is 14.1. The molecule has 0 amide bonds. The minimum Gasteiger partial charge on any atom is -0.467 e. The van der Waals surface area contributed by atoms with Gasteiger partial charge in [-0.2, -0.15) is 0 Å². The van der Waals surface area contributed by atoms with E-state index in [-0.39, 0.29) is 17.6 Å². The van der Waals surface area contributed by atoms with Gasteiger partial charge in [0.2, 0.25) is 0 Å². The SMILES string of the molecule is COc1ncc(-c2cc3c(cc2C(F)F)N(C(C)C)CCC3)cn1. The fourth-order valence-corrected chi connectivity index (χ4v) is 3.20. The van der Waals surface area contributed by atoms with Crippen molar-refractivity contribution < 1.29 is 13.5 Å². The third-order valence-electron chi connectivity index (χ3n) is 4.39. The number of rotatable bonds is 4. The van der Waals surface area contributed by atoms with Crippen molar-refractivity contribution in [2.45, 2.75) is 39.2 Å². The predicted molar refractivity (Wildman–Crippen MR) is 89.8 cm³/mol. The fraction of sp³-hybridized carbons (Fsp3) is 0.444. The summed E-state index contributed by atoms with van der Waals surface area (Å²) >= 11 is 0. The van der Waals surface area contributed by atoms with Crippen LogP contribution >= 0.6 is 0 Å². The lowest BCUT2D eigenvalue weighted by Crippen LogP contribution is -2.35. The molecule has 0 N–H and O–H groups in total. The van der Waals surface area contributed by atoms with Crippen molar-refractivity contribution in [3.63, 3.8) is 0 Å². The Labute approximate surface area is 140 Å². The molecule has 0 fully saturated rings. The maximum absolute atomic E-state index is 13.7. The van der Waals surface area contributed by atoms with Crippen LogP contribution in [0.15, 0.2) is 24.5 Å². The van der Waals surface area contributed by atoms with Crippen LogP contribution in [0.1, 0.15) is 37.8 Å². The maximum Gasteiger partial charge on any atom is 0.316 e. The molecule has 2 heterocycles. The van der Waals surface area contributed by atoms with Gasteiger partial charge >= 0.3 is 6.01 Å². The van der Waals surface area contributed by atoms with Crippen molar-refractivity contribution in [3.05, 3.63) is 35.7 Å². The number of hydrogen-bond acceptors (Lipinski definition) is 4. The molecule has 1 aromatic heterocycles. The Hall–Kier alpha value is -2.24. The van der Waals surface area contributed by atoms with Gasteiger partial charge in [-0.05, 0) is 49.9 Å². The van der Waals surface area contributed by atoms with Crippen molar-refractivity contribution in [1.29, 1.82) is 0 Å². The number of benzene rings is 1. The highest BCUT2D eigenvalue weighted by atomic mass is 19.3. The Morgan fingerprint density at radius 2 is 1.88 bits per heavy atom. The van der Waals surface area contributed by atoms with E-state index in [1.807, 2.05) is 6.07 Å². The number of fused-ring (bicyclic) bond motifs is 1. The summed E-state index contributed by atoms with van der Waals surface area (Å²) in [6.07, 6.45) is 2.43. The van der Waals surface area contributed by atoms with Gasteiger partial charge in [0.1, 0.15) is 0 Å². The van der Waals surface area contributed by atoms with Crippen LogP contribution < -0.4 is 9.64 Å². The third-order valence-corrected chi connectivity index (χ3v) is 4.39. The van der Waals surface area contributed by atoms with Gasteiger partial charge in [-0.15, -0.1) is 0 Å². The first-order valence-corrected chi connectivity index (χ1v) is 8.09. The van der Waals surface area contributed by atoms with Gasteiger partial charge < -0.3 is 9.64 Å². The molecular formula is C18H21F2N3O. The number of aromatic nitrogens is 2. The summed E-state index contributed by atoms with van der Waals surface area (Å²) in [5.74, 6) is 0. The first-order chi connectivity index (χ1) is 11.5. The van der Waals surface area contributed by atoms with Gasteiger partial charge in [-0.1, -0.05) is 0 Å². The van der Waals surface area contributed by atoms with Crippen LogP contribution in [-0.4, -0.2) is 29.7 Å². The van der Waals surface area contributed by atoms with Crippen molar-refractivity contribution >= 4 is 5.69 Å². The summed E-state index contributed by atoms with van der Waals surface area (Å²) in [7, 11) is 1.47. The molecular weight excluding hydrogens is 312 g/mol. The molecule has 0 radical (unpaired) electrons. The smallest absolute Gasteiger partial charge is 0.316 e. The number of ether oxygens (including phenoxy) is 1. The second-order valence-electron chi connectivity index (χ2n) is 6.22. The third kappa shape index (κ3) is 3.05. The topological polar surface area (TPSA) is 38.2 Å². The largest absolute Gasteiger partial charge is 0.467 e. The van der Waals surface area contributed by atoms with Crippen molar-refractivity contribution in [2.75, 3.05) is 18.6 Å². The highest BCUT2D eigenvalue weighted by molar-refractivity contribution is 5.73. The highest BCUT2D eigenvalue weighted by Gasteiger charge is 2.24. The van der Waals surface area contributed by atoms with Crippen LogP contribution in [0, 0.1) is 0 Å². The summed E-state index contributed by atoms with van der Waals surface area (Å²) in [4.78, 5) is 10.3. The molecule has 1 aliphatic heterocycles. The Morgan fingerprint density at radius 1 is 1.17 bits per heavy atom. The first kappa shape index (κ1) is 16.6. The lowest BCUT2D eigenvalue weighted by Gasteiger charge is -2.35. The molecule has 0 unspecified atom stereocenters. The van der Waals surface area contributed by atoms with Crippen LogP contribution in [0.3, 0.4) is 0 Å². The van der Waals surface area contributed by atoms with Gasteiger partial charge in [0.15, 0.2) is 0 Å². The zero-order chi connectivity index (χ0) is 17.3. The number of alkyl halides is 2. The molecule has 24 heavy (non-hydrogen) atoms. The van der Waals surface area contributed by atoms with Crippen LogP contribution in [-0.2, 0) is 6.42 Å². The van der Waals surface area contributed by atoms with Crippen LogP contribution in [0.5, 0.6) is 6.01 Å². The van der Waals surface area contributed by atoms with E-state index in [9.17, 15) is 8.78 Å². The molecule has 1 aliphatic rings. The molecule has 0 bridgehead atoms. The van der Waals surface area contributed by atoms with Gasteiger partial charge in [-0.25, -0.2) is 18.7 Å². The number of aryl methyl sites for hydroxylation is 1. The maximum atomic E-state index is 13.7. The average Bonchev–Trinajstić information content (AvgIpc) is 2.59. The fourth-order valence-electron chi connectivity index (χ4n) is 3.20. The van der Waals surface area contributed by atoms with Gasteiger partial charge in [-0.3, -0.25) is 0 Å². The van der Waals surface area contributed by atoms with Crippen LogP contribution in [0.2, 0.25) is 0 Å². The van der Waals surface area contributed by atoms with E-state index in [0.29, 0.717) is 11.1 Å². The molecule has 1 aromatic carbocycles. The standard InChI is InChI=1S/C18H21F2N3O/c1-11(2)23-6-4-5-12-7-14(15(17(19)20)8-16(12)23)13-9-21-18(24-3)22-10-13/h7-11,17H,4-6H2,1-3H3. The van der Waals surface area contributed by atoms with E-state index in [0.717, 1.165) is 30.6 Å². The van der Waals surface area contributed by atoms with Crippen molar-refractivity contribution in [3.8, 4) is 17.1 Å². The Balaban J connectivity index is 2.12. The van der Waals surface area contributed by atoms with Gasteiger partial charge in [0, 0.05) is 41.8 Å². The van der Waals surface area contributed by atoms with Gasteiger partial charge in [0.05, 0.1) is 7.11 Å². The minimum atomic E-state index is -2.55. The van der Waals surface area contributed by atoms with E-state index in [1.165, 1.54) is 19.5 Å². The summed E-state index contributed by atoms with van der Waals surface area (Å²) in [6, 6.07) is 4.01. The lowest BCUT2D eigenvalue weighted by molar-refractivity contribution is 0.152. The predicted octanol–water partition coefficient (Wildman–Crippen LogP) is 4.25. The number of nitrogens with zero attached hydrogens (tertiary/aromatic N) is 3. The van der Waals surface area contributed by atoms with E-state index in [4.69, 9.17) is 4.74 Å². The summed E-state index contributed by atoms with van der Waals surface area (Å²) in [5.41, 5.74) is 3.12. The Bertz CT molecular complexity index is 717. The molecule has 0 atom stereocenters. The van der Waals surface area contributed by atoms with E-state index in [2.05, 4.69) is 28.7 Å². The lowest BCUT2D eigenvalue weighted by atomic mass is 9.92. The molecule has 0 aliphatic carbocycles. The second kappa shape index (κ2) is 6.71. The number of hydrogen-bond donors (Lipinski definition) is 0. The molecule has 4 nitrogen and oxygen atoms in total. The first-order valence-electron chi connectivity index (χ1n) is 8.09. The Kier molecular flexibility index (Phi) is 4.64. The monoisotopic (exact) mass is 333 g/mol. The highest BCUT2D eigenvalue weighted by Crippen LogP contribution is 2.39. The summed E-state index contributed by atoms with van der Waals surface area (Å²) in [6.45, 7) is 5.07. The molecule has 3 rings (SSSR count). The van der Waals surface area contributed by atoms with Crippen molar-refractivity contribution in [2.24, 2.45) is 0 Å².